The Morgan fingerprint density at radius 3 is 2.79 bits per heavy atom. The van der Waals surface area contributed by atoms with E-state index in [1.807, 2.05) is 54.6 Å². The van der Waals surface area contributed by atoms with Gasteiger partial charge in [-0.25, -0.2) is 9.97 Å². The van der Waals surface area contributed by atoms with Crippen molar-refractivity contribution in [1.82, 2.24) is 19.6 Å². The van der Waals surface area contributed by atoms with Crippen LogP contribution >= 0.6 is 11.8 Å². The molecule has 170 valence electrons. The molecule has 2 aromatic carbocycles. The first-order valence-corrected chi connectivity index (χ1v) is 11.5. The summed E-state index contributed by atoms with van der Waals surface area (Å²) in [6.45, 7) is 0. The largest absolute Gasteiger partial charge is 0.497 e. The third-order valence-corrected chi connectivity index (χ3v) is 6.34. The maximum Gasteiger partial charge on any atom is 0.298 e. The van der Waals surface area contributed by atoms with Crippen molar-refractivity contribution in [3.63, 3.8) is 0 Å². The van der Waals surface area contributed by atoms with Gasteiger partial charge in [-0.1, -0.05) is 6.07 Å². The Labute approximate surface area is 199 Å². The molecule has 5 aromatic rings. The molecule has 0 bridgehead atoms. The lowest BCUT2D eigenvalue weighted by Crippen LogP contribution is -2.17. The lowest BCUT2D eigenvalue weighted by atomic mass is 10.1. The fourth-order valence-corrected chi connectivity index (χ4v) is 4.48. The van der Waals surface area contributed by atoms with Gasteiger partial charge in [-0.2, -0.15) is 9.78 Å². The molecular formula is C25H21N5O3S. The third-order valence-electron chi connectivity index (χ3n) is 5.35. The van der Waals surface area contributed by atoms with Crippen LogP contribution in [0.15, 0.2) is 82.0 Å². The summed E-state index contributed by atoms with van der Waals surface area (Å²) in [6.07, 6.45) is 4.84. The van der Waals surface area contributed by atoms with E-state index in [1.165, 1.54) is 11.0 Å². The number of fused-ring (bicyclic) bond motifs is 3. The number of hydrogen-bond acceptors (Lipinski definition) is 7. The molecule has 3 heterocycles. The second-order valence-corrected chi connectivity index (χ2v) is 8.42. The fourth-order valence-electron chi connectivity index (χ4n) is 3.64. The molecule has 0 spiro atoms. The molecular weight excluding hydrogens is 450 g/mol. The molecule has 9 heteroatoms. The summed E-state index contributed by atoms with van der Waals surface area (Å²) in [5, 5.41) is 6.15. The van der Waals surface area contributed by atoms with E-state index in [9.17, 15) is 4.79 Å². The number of hydrogen-bond donors (Lipinski definition) is 1. The van der Waals surface area contributed by atoms with Gasteiger partial charge in [-0.05, 0) is 48.0 Å². The number of thioether (sulfide) groups is 1. The number of benzene rings is 2. The molecule has 0 radical (unpaired) electrons. The number of aromatic nitrogens is 4. The summed E-state index contributed by atoms with van der Waals surface area (Å²) in [4.78, 5) is 25.0. The predicted octanol–water partition coefficient (Wildman–Crippen LogP) is 4.46. The highest BCUT2D eigenvalue weighted by Gasteiger charge is 2.11. The molecule has 1 N–H and O–H groups in total. The van der Waals surface area contributed by atoms with Crippen molar-refractivity contribution >= 4 is 39.9 Å². The lowest BCUT2D eigenvalue weighted by Gasteiger charge is -2.09. The number of ether oxygens (including phenoxy) is 2. The summed E-state index contributed by atoms with van der Waals surface area (Å²) in [5.41, 5.74) is 3.35. The summed E-state index contributed by atoms with van der Waals surface area (Å²) >= 11 is 1.62. The maximum atomic E-state index is 13.0. The van der Waals surface area contributed by atoms with Crippen molar-refractivity contribution in [2.24, 2.45) is 5.10 Å². The van der Waals surface area contributed by atoms with Crippen LogP contribution in [0.25, 0.3) is 21.9 Å². The summed E-state index contributed by atoms with van der Waals surface area (Å²) in [5.74, 6) is 2.18. The Kier molecular flexibility index (Phi) is 6.01. The Balaban J connectivity index is 1.44. The predicted molar refractivity (Wildman–Crippen MR) is 134 cm³/mol. The van der Waals surface area contributed by atoms with E-state index < -0.39 is 0 Å². The van der Waals surface area contributed by atoms with Crippen LogP contribution in [-0.2, 0) is 5.75 Å². The number of aromatic amines is 1. The number of nitrogens with one attached hydrogen (secondary N) is 1. The standard InChI is InChI=1S/C25H21N5O3S/c1-32-18-7-8-19-20(12-18)29-24-23(19)27-15-30(25(24)31)28-13-16-6-9-21(33-2)17(11-16)14-34-22-5-3-4-10-26-22/h3-13,15,29H,14H2,1-2H3. The molecule has 3 aromatic heterocycles. The lowest BCUT2D eigenvalue weighted by molar-refractivity contribution is 0.411. The van der Waals surface area contributed by atoms with Crippen molar-refractivity contribution in [2.75, 3.05) is 14.2 Å². The summed E-state index contributed by atoms with van der Waals surface area (Å²) in [6, 6.07) is 17.2. The van der Waals surface area contributed by atoms with Crippen LogP contribution in [0, 0.1) is 0 Å². The van der Waals surface area contributed by atoms with Gasteiger partial charge in [0.1, 0.15) is 28.9 Å². The first-order chi connectivity index (χ1) is 16.7. The number of H-pyrrole nitrogens is 1. The minimum Gasteiger partial charge on any atom is -0.497 e. The third kappa shape index (κ3) is 4.25. The van der Waals surface area contributed by atoms with E-state index in [-0.39, 0.29) is 5.56 Å². The molecule has 0 saturated carbocycles. The van der Waals surface area contributed by atoms with Gasteiger partial charge in [0.05, 0.1) is 31.0 Å². The molecule has 0 fully saturated rings. The van der Waals surface area contributed by atoms with E-state index in [1.54, 1.807) is 38.4 Å². The second-order valence-electron chi connectivity index (χ2n) is 7.43. The molecule has 0 aliphatic carbocycles. The van der Waals surface area contributed by atoms with Crippen LogP contribution in [0.2, 0.25) is 0 Å². The molecule has 0 atom stereocenters. The molecule has 0 saturated heterocycles. The molecule has 0 unspecified atom stereocenters. The number of rotatable bonds is 7. The Morgan fingerprint density at radius 1 is 1.09 bits per heavy atom. The maximum absolute atomic E-state index is 13.0. The molecule has 5 rings (SSSR count). The minimum absolute atomic E-state index is 0.282. The molecule has 0 aliphatic rings. The monoisotopic (exact) mass is 471 g/mol. The minimum atomic E-state index is -0.282. The van der Waals surface area contributed by atoms with Crippen LogP contribution < -0.4 is 15.0 Å². The normalized spacial score (nSPS) is 11.5. The average molecular weight is 472 g/mol. The van der Waals surface area contributed by atoms with Gasteiger partial charge in [0.25, 0.3) is 5.56 Å². The van der Waals surface area contributed by atoms with E-state index in [2.05, 4.69) is 20.1 Å². The number of pyridine rings is 1. The molecule has 8 nitrogen and oxygen atoms in total. The Morgan fingerprint density at radius 2 is 2.00 bits per heavy atom. The van der Waals surface area contributed by atoms with Gasteiger partial charge >= 0.3 is 0 Å². The van der Waals surface area contributed by atoms with Gasteiger partial charge in [-0.15, -0.1) is 11.8 Å². The Hall–Kier alpha value is -4.11. The zero-order valence-electron chi connectivity index (χ0n) is 18.6. The first kappa shape index (κ1) is 21.7. The van der Waals surface area contributed by atoms with Gasteiger partial charge < -0.3 is 14.5 Å². The van der Waals surface area contributed by atoms with Gasteiger partial charge in [0.2, 0.25) is 0 Å². The van der Waals surface area contributed by atoms with Crippen LogP contribution in [-0.4, -0.2) is 40.1 Å². The van der Waals surface area contributed by atoms with Gasteiger partial charge in [-0.3, -0.25) is 4.79 Å². The summed E-state index contributed by atoms with van der Waals surface area (Å²) in [7, 11) is 3.25. The fraction of sp³-hybridized carbons (Fsp3) is 0.120. The van der Waals surface area contributed by atoms with Crippen LogP contribution in [0.1, 0.15) is 11.1 Å². The van der Waals surface area contributed by atoms with Gasteiger partial charge in [0, 0.05) is 29.0 Å². The van der Waals surface area contributed by atoms with E-state index >= 15 is 0 Å². The van der Waals surface area contributed by atoms with Crippen LogP contribution in [0.3, 0.4) is 0 Å². The smallest absolute Gasteiger partial charge is 0.298 e. The number of nitrogens with zero attached hydrogens (tertiary/aromatic N) is 4. The van der Waals surface area contributed by atoms with Crippen molar-refractivity contribution < 1.29 is 9.47 Å². The highest BCUT2D eigenvalue weighted by atomic mass is 32.2. The second kappa shape index (κ2) is 9.40. The zero-order valence-corrected chi connectivity index (χ0v) is 19.4. The first-order valence-electron chi connectivity index (χ1n) is 10.5. The highest BCUT2D eigenvalue weighted by Crippen LogP contribution is 2.28. The summed E-state index contributed by atoms with van der Waals surface area (Å²) < 4.78 is 12.0. The van der Waals surface area contributed by atoms with E-state index in [0.717, 1.165) is 32.8 Å². The molecule has 34 heavy (non-hydrogen) atoms. The quantitative estimate of drug-likeness (QED) is 0.278. The Bertz CT molecular complexity index is 1560. The average Bonchev–Trinajstić information content (AvgIpc) is 3.26. The topological polar surface area (TPSA) is 94.4 Å². The van der Waals surface area contributed by atoms with Crippen LogP contribution in [0.4, 0.5) is 0 Å². The van der Waals surface area contributed by atoms with Gasteiger partial charge in [0.15, 0.2) is 0 Å². The molecule has 0 amide bonds. The van der Waals surface area contributed by atoms with Crippen molar-refractivity contribution in [3.8, 4) is 11.5 Å². The van der Waals surface area contributed by atoms with E-state index in [4.69, 9.17) is 9.47 Å². The van der Waals surface area contributed by atoms with E-state index in [0.29, 0.717) is 22.5 Å². The van der Waals surface area contributed by atoms with Crippen LogP contribution in [0.5, 0.6) is 11.5 Å². The zero-order chi connectivity index (χ0) is 23.5. The van der Waals surface area contributed by atoms with Crippen molar-refractivity contribution in [1.29, 1.82) is 0 Å². The van der Waals surface area contributed by atoms with Crippen molar-refractivity contribution in [2.45, 2.75) is 10.8 Å². The SMILES string of the molecule is COc1ccc2c(c1)[nH]c1c(=O)n(N=Cc3ccc(OC)c(CSc4ccccn4)c3)cnc12. The number of methoxy groups -OCH3 is 2. The highest BCUT2D eigenvalue weighted by molar-refractivity contribution is 7.98. The molecule has 0 aliphatic heterocycles. The van der Waals surface area contributed by atoms with Crippen molar-refractivity contribution in [3.05, 3.63) is 88.6 Å².